The molecule has 1 saturated heterocycles. The number of hydroxylamine groups is 2. The van der Waals surface area contributed by atoms with Crippen LogP contribution in [0.5, 0.6) is 5.75 Å². The van der Waals surface area contributed by atoms with Crippen LogP contribution in [0.15, 0.2) is 66.7 Å². The van der Waals surface area contributed by atoms with E-state index in [1.54, 1.807) is 12.0 Å². The number of carbonyl (C=O) groups excluding carboxylic acids is 2. The molecular weight excluding hydrogens is 731 g/mol. The summed E-state index contributed by atoms with van der Waals surface area (Å²) in [6.45, 7) is 9.16. The van der Waals surface area contributed by atoms with Crippen molar-refractivity contribution < 1.29 is 29.4 Å². The summed E-state index contributed by atoms with van der Waals surface area (Å²) >= 11 is 0. The summed E-state index contributed by atoms with van der Waals surface area (Å²) < 4.78 is 6.72. The number of aliphatic hydroxyl groups excluding tert-OH is 2. The van der Waals surface area contributed by atoms with Crippen LogP contribution in [0.25, 0.3) is 11.1 Å². The molecule has 5 aliphatic rings. The van der Waals surface area contributed by atoms with E-state index in [0.717, 1.165) is 47.2 Å². The molecule has 3 aromatic carbocycles. The quantitative estimate of drug-likeness (QED) is 0.148. The fourth-order valence-corrected chi connectivity index (χ4v) is 10.0. The number of likely N-dealkylation sites (N-methyl/N-ethyl adjacent to an activating group) is 1. The highest BCUT2D eigenvalue weighted by Crippen LogP contribution is 2.61. The molecule has 9 atom stereocenters. The van der Waals surface area contributed by atoms with Gasteiger partial charge in [-0.3, -0.25) is 14.4 Å². The lowest BCUT2D eigenvalue weighted by atomic mass is 9.45. The average molecular weight is 796 g/mol. The third kappa shape index (κ3) is 8.94. The van der Waals surface area contributed by atoms with Gasteiger partial charge in [-0.15, -0.1) is 0 Å². The summed E-state index contributed by atoms with van der Waals surface area (Å²) in [6.07, 6.45) is 3.13. The first-order chi connectivity index (χ1) is 27.6. The molecule has 11 nitrogen and oxygen atoms in total. The number of nitrogens with one attached hydrogen (secondary N) is 2. The van der Waals surface area contributed by atoms with Gasteiger partial charge in [0.2, 0.25) is 5.91 Å². The molecule has 4 saturated carbocycles. The summed E-state index contributed by atoms with van der Waals surface area (Å²) in [7, 11) is 7.96. The summed E-state index contributed by atoms with van der Waals surface area (Å²) in [4.78, 5) is 39.0. The van der Waals surface area contributed by atoms with Gasteiger partial charge in [0.15, 0.2) is 0 Å². The number of hydrogen-bond acceptors (Lipinski definition) is 9. The van der Waals surface area contributed by atoms with E-state index in [-0.39, 0.29) is 48.6 Å². The predicted octanol–water partition coefficient (Wildman–Crippen LogP) is 5.52. The van der Waals surface area contributed by atoms with Gasteiger partial charge in [-0.05, 0) is 106 Å². The molecular formula is C47H65N5O6. The number of aliphatic hydroxyl groups is 2. The van der Waals surface area contributed by atoms with Crippen LogP contribution in [-0.2, 0) is 22.6 Å². The van der Waals surface area contributed by atoms with Gasteiger partial charge < -0.3 is 35.4 Å². The Kier molecular flexibility index (Phi) is 12.6. The third-order valence-corrected chi connectivity index (χ3v) is 13.5. The number of amides is 2. The summed E-state index contributed by atoms with van der Waals surface area (Å²) in [5.74, 6) is 1.16. The zero-order valence-corrected chi connectivity index (χ0v) is 35.7. The van der Waals surface area contributed by atoms with Crippen LogP contribution in [0.1, 0.15) is 74.9 Å². The van der Waals surface area contributed by atoms with Crippen molar-refractivity contribution in [1.82, 2.24) is 20.6 Å². The molecule has 0 spiro atoms. The average Bonchev–Trinajstić information content (AvgIpc) is 3.92. The first kappa shape index (κ1) is 42.1. The second-order valence-electron chi connectivity index (χ2n) is 18.6. The topological polar surface area (TPSA) is 127 Å². The first-order valence-electron chi connectivity index (χ1n) is 21.3. The highest BCUT2D eigenvalue weighted by atomic mass is 16.7. The van der Waals surface area contributed by atoms with Gasteiger partial charge in [-0.2, -0.15) is 5.06 Å². The number of ether oxygens (including phenoxy) is 1. The van der Waals surface area contributed by atoms with Crippen molar-refractivity contribution in [3.8, 4) is 16.9 Å². The van der Waals surface area contributed by atoms with Crippen LogP contribution in [-0.4, -0.2) is 110 Å². The van der Waals surface area contributed by atoms with Gasteiger partial charge >= 0.3 is 0 Å². The fourth-order valence-electron chi connectivity index (χ4n) is 10.0. The lowest BCUT2D eigenvalue weighted by Crippen LogP contribution is -2.62. The number of hydrogen-bond donors (Lipinski definition) is 4. The number of rotatable bonds is 16. The molecule has 4 N–H and O–H groups in total. The molecule has 58 heavy (non-hydrogen) atoms. The molecule has 2 amide bonds. The fraction of sp³-hybridized carbons (Fsp3) is 0.574. The number of para-hydroxylation sites is 1. The molecule has 0 unspecified atom stereocenters. The van der Waals surface area contributed by atoms with Crippen molar-refractivity contribution in [2.75, 3.05) is 46.2 Å². The molecule has 0 aromatic heterocycles. The van der Waals surface area contributed by atoms with Crippen LogP contribution in [0.4, 0.5) is 5.69 Å². The Morgan fingerprint density at radius 3 is 2.38 bits per heavy atom. The SMILES string of the molecule is C[C@@H]1[C@@H](NC(=O)[C@@H]2[C@H]([C@H](C)O)[C@H](CO)ON2Cc2cccc(-c3cc(C(=O)N[C@@H](Cc4ccccc4)CN(C)C)cc(N(C)C)c3)c2OC2CC2)C[C@H]2C[C@H]1C2(C)C. The molecule has 5 fully saturated rings. The molecule has 4 aliphatic carbocycles. The molecule has 2 bridgehead atoms. The molecule has 314 valence electrons. The van der Waals surface area contributed by atoms with Gasteiger partial charge in [0.1, 0.15) is 17.9 Å². The first-order valence-corrected chi connectivity index (χ1v) is 21.3. The highest BCUT2D eigenvalue weighted by molar-refractivity contribution is 5.97. The van der Waals surface area contributed by atoms with Crippen molar-refractivity contribution in [2.45, 2.75) is 103 Å². The Hall–Kier alpha value is -4.00. The number of carbonyl (C=O) groups is 2. The molecule has 0 radical (unpaired) electrons. The number of anilines is 1. The van der Waals surface area contributed by atoms with Crippen LogP contribution in [0.3, 0.4) is 0 Å². The monoisotopic (exact) mass is 795 g/mol. The van der Waals surface area contributed by atoms with Crippen molar-refractivity contribution in [3.05, 3.63) is 83.4 Å². The zero-order chi connectivity index (χ0) is 41.5. The van der Waals surface area contributed by atoms with Gasteiger partial charge in [0.25, 0.3) is 5.91 Å². The summed E-state index contributed by atoms with van der Waals surface area (Å²) in [5.41, 5.74) is 5.34. The molecule has 8 rings (SSSR count). The standard InChI is InChI=1S/C47H65N5O6/c1-28-39-23-34(47(39,3)4)24-40(28)49-46(56)43-42(29(2)54)41(27-53)58-52(43)25-31-15-12-16-38(44(31)57-37-17-18-37)32-20-33(22-36(21-32)51(7)8)45(55)48-35(26-50(5)6)19-30-13-10-9-11-14-30/h9-16,20-22,28-29,34-35,37,39-43,53-54H,17-19,23-27H2,1-8H3,(H,48,55)(H,49,56)/t28-,29-,34+,35-,39+,40-,41-,42+,43-/m0/s1. The van der Waals surface area contributed by atoms with E-state index in [1.807, 2.05) is 81.6 Å². The van der Waals surface area contributed by atoms with Crippen molar-refractivity contribution >= 4 is 17.5 Å². The van der Waals surface area contributed by atoms with E-state index in [2.05, 4.69) is 54.5 Å². The van der Waals surface area contributed by atoms with Gasteiger partial charge in [0, 0.05) is 61.0 Å². The van der Waals surface area contributed by atoms with E-state index < -0.39 is 24.2 Å². The largest absolute Gasteiger partial charge is 0.489 e. The van der Waals surface area contributed by atoms with Crippen molar-refractivity contribution in [3.63, 3.8) is 0 Å². The smallest absolute Gasteiger partial charge is 0.251 e. The van der Waals surface area contributed by atoms with E-state index in [9.17, 15) is 19.8 Å². The third-order valence-electron chi connectivity index (χ3n) is 13.5. The minimum absolute atomic E-state index is 0.0397. The summed E-state index contributed by atoms with van der Waals surface area (Å²) in [6, 6.07) is 21.2. The van der Waals surface area contributed by atoms with Crippen molar-refractivity contribution in [1.29, 1.82) is 0 Å². The number of fused-ring (bicyclic) bond motifs is 2. The Balaban J connectivity index is 1.19. The Labute approximate surface area is 345 Å². The van der Waals surface area contributed by atoms with Crippen LogP contribution in [0, 0.1) is 29.1 Å². The zero-order valence-electron chi connectivity index (χ0n) is 35.7. The van der Waals surface area contributed by atoms with E-state index in [0.29, 0.717) is 42.0 Å². The van der Waals surface area contributed by atoms with E-state index in [4.69, 9.17) is 9.57 Å². The normalized spacial score (nSPS) is 27.4. The summed E-state index contributed by atoms with van der Waals surface area (Å²) in [5, 5.41) is 29.9. The van der Waals surface area contributed by atoms with E-state index in [1.165, 1.54) is 6.42 Å². The minimum atomic E-state index is -0.897. The van der Waals surface area contributed by atoms with Gasteiger partial charge in [-0.25, -0.2) is 0 Å². The molecule has 1 aliphatic heterocycles. The highest BCUT2D eigenvalue weighted by Gasteiger charge is 2.57. The Morgan fingerprint density at radius 2 is 1.76 bits per heavy atom. The van der Waals surface area contributed by atoms with Crippen molar-refractivity contribution in [2.24, 2.45) is 29.1 Å². The second-order valence-corrected chi connectivity index (χ2v) is 18.6. The molecule has 3 aromatic rings. The van der Waals surface area contributed by atoms with Gasteiger partial charge in [-0.1, -0.05) is 69.3 Å². The molecule has 11 heteroatoms. The second kappa shape index (κ2) is 17.3. The maximum Gasteiger partial charge on any atom is 0.251 e. The van der Waals surface area contributed by atoms with Crippen LogP contribution < -0.4 is 20.3 Å². The minimum Gasteiger partial charge on any atom is -0.489 e. The lowest BCUT2D eigenvalue weighted by Gasteiger charge is -2.62. The molecule has 1 heterocycles. The van der Waals surface area contributed by atoms with Gasteiger partial charge in [0.05, 0.1) is 25.4 Å². The predicted molar refractivity (Wildman–Crippen MR) is 227 cm³/mol. The maximum absolute atomic E-state index is 14.4. The van der Waals surface area contributed by atoms with E-state index >= 15 is 0 Å². The lowest BCUT2D eigenvalue weighted by molar-refractivity contribution is -0.183. The maximum atomic E-state index is 14.4. The van der Waals surface area contributed by atoms with Crippen LogP contribution >= 0.6 is 0 Å². The Bertz CT molecular complexity index is 1910. The Morgan fingerprint density at radius 1 is 1.02 bits per heavy atom. The number of benzene rings is 3. The number of nitrogens with zero attached hydrogens (tertiary/aromatic N) is 3. The van der Waals surface area contributed by atoms with Crippen LogP contribution in [0.2, 0.25) is 0 Å².